The van der Waals surface area contributed by atoms with Gasteiger partial charge in [0.15, 0.2) is 40.6 Å². The minimum absolute atomic E-state index is 0.223. The van der Waals surface area contributed by atoms with Crippen molar-refractivity contribution in [3.05, 3.63) is 251 Å². The SMILES string of the molecule is CC[C@H]1OCC(Oc2nc3nc(-c4ccc(-c5ccc(-c6nnnn6CCC#N)cc5)cc4)c(Cl)cc3[nH]2)[C@@H]1O.CC[C@H]1OCC(Oc2nc3nc(-c4ccc(-c5ccc(N6CCOCC6)cc5)cc4)c(Cl)cc3[nH]2)[C@@H]1O.O[C@@H]1CCC[C@H]1Oc1nc2nc(-c3ccc(-c4ccccc4)cc3)c(Cl)cc2[nH]1.O[C@H]1CCC[C@@H]1Oc1nc2nc(-c3ccc(-c4ccccc4)cc3)c(Cl)cc2[nH]1. The van der Waals surface area contributed by atoms with Gasteiger partial charge in [-0.05, 0) is 143 Å². The van der Waals surface area contributed by atoms with E-state index in [1.807, 2.05) is 147 Å². The van der Waals surface area contributed by atoms with E-state index in [2.05, 4.69) is 166 Å². The quantitative estimate of drug-likeness (QED) is 0.0312. The third kappa shape index (κ3) is 20.7. The Morgan fingerprint density at radius 2 is 0.704 bits per heavy atom. The van der Waals surface area contributed by atoms with Crippen LogP contribution in [0.5, 0.6) is 24.0 Å². The van der Waals surface area contributed by atoms with E-state index in [1.165, 1.54) is 5.69 Å². The maximum Gasteiger partial charge on any atom is 0.296 e. The predicted molar refractivity (Wildman–Crippen MR) is 519 cm³/mol. The van der Waals surface area contributed by atoms with Crippen LogP contribution in [0, 0.1) is 11.3 Å². The molecule has 8 N–H and O–H groups in total. The molecule has 8 aromatic carbocycles. The van der Waals surface area contributed by atoms with Gasteiger partial charge >= 0.3 is 0 Å². The Kier molecular flexibility index (Phi) is 27.8. The number of fused-ring (bicyclic) bond motifs is 4. The first kappa shape index (κ1) is 90.8. The summed E-state index contributed by atoms with van der Waals surface area (Å²) in [4.78, 5) is 51.2. The summed E-state index contributed by atoms with van der Waals surface area (Å²) < 4.78 is 41.6. The van der Waals surface area contributed by atoms with E-state index < -0.39 is 36.6 Å². The number of imidazole rings is 4. The van der Waals surface area contributed by atoms with Crippen LogP contribution in [0.25, 0.3) is 146 Å². The topological polar surface area (TPSA) is 382 Å². The summed E-state index contributed by atoms with van der Waals surface area (Å²) in [6.07, 6.45) is 2.66. The lowest BCUT2D eigenvalue weighted by Gasteiger charge is -2.28. The first-order chi connectivity index (χ1) is 66.0. The summed E-state index contributed by atoms with van der Waals surface area (Å²) in [6, 6.07) is 80.0. The lowest BCUT2D eigenvalue weighted by molar-refractivity contribution is 0.0258. The van der Waals surface area contributed by atoms with Gasteiger partial charge in [-0.25, -0.2) is 24.6 Å². The highest BCUT2D eigenvalue weighted by Gasteiger charge is 2.39. The van der Waals surface area contributed by atoms with Crippen molar-refractivity contribution in [1.82, 2.24) is 80.0 Å². The second kappa shape index (κ2) is 41.3. The molecule has 33 heteroatoms. The van der Waals surface area contributed by atoms with Crippen molar-refractivity contribution in [3.63, 3.8) is 0 Å². The number of benzene rings is 8. The Morgan fingerprint density at radius 1 is 0.393 bits per heavy atom. The van der Waals surface area contributed by atoms with Crippen molar-refractivity contribution in [2.24, 2.45) is 0 Å². The first-order valence-corrected chi connectivity index (χ1v) is 46.5. The van der Waals surface area contributed by atoms with Crippen LogP contribution in [-0.2, 0) is 20.8 Å². The Bertz CT molecular complexity index is 6810. The third-order valence-electron chi connectivity index (χ3n) is 24.7. The summed E-state index contributed by atoms with van der Waals surface area (Å²) in [5.41, 5.74) is 22.0. The highest BCUT2D eigenvalue weighted by molar-refractivity contribution is 6.35. The Labute approximate surface area is 795 Å². The molecular formula is C102H94Cl4N18O11. The number of hydrogen-bond acceptors (Lipinski definition) is 24. The van der Waals surface area contributed by atoms with E-state index in [9.17, 15) is 20.4 Å². The zero-order valence-electron chi connectivity index (χ0n) is 73.4. The molecule has 0 radical (unpaired) electrons. The molecule has 0 spiro atoms. The Morgan fingerprint density at radius 3 is 1.01 bits per heavy atom. The molecule has 12 heterocycles. The normalized spacial score (nSPS) is 19.7. The second-order valence-electron chi connectivity index (χ2n) is 33.5. The van der Waals surface area contributed by atoms with Gasteiger partial charge in [-0.2, -0.15) is 25.2 Å². The molecule has 135 heavy (non-hydrogen) atoms. The van der Waals surface area contributed by atoms with Crippen LogP contribution < -0.4 is 23.8 Å². The number of aryl methyl sites for hydroxylation is 1. The van der Waals surface area contributed by atoms with Crippen LogP contribution in [0.15, 0.2) is 231 Å². The van der Waals surface area contributed by atoms with Crippen molar-refractivity contribution in [2.45, 2.75) is 139 Å². The molecule has 2 unspecified atom stereocenters. The smallest absolute Gasteiger partial charge is 0.296 e. The maximum atomic E-state index is 10.4. The van der Waals surface area contributed by atoms with E-state index in [4.69, 9.17) is 89.8 Å². The van der Waals surface area contributed by atoms with Crippen LogP contribution >= 0.6 is 46.4 Å². The number of morpholine rings is 1. The van der Waals surface area contributed by atoms with E-state index in [-0.39, 0.29) is 36.4 Å². The largest absolute Gasteiger partial charge is 0.459 e. The second-order valence-corrected chi connectivity index (χ2v) is 35.1. The van der Waals surface area contributed by atoms with Crippen LogP contribution in [0.1, 0.15) is 71.6 Å². The number of aliphatic hydroxyl groups excluding tert-OH is 4. The van der Waals surface area contributed by atoms with E-state index in [1.54, 1.807) is 16.8 Å². The zero-order chi connectivity index (χ0) is 92.6. The lowest BCUT2D eigenvalue weighted by Crippen LogP contribution is -2.36. The fraction of sp³-hybridized carbons (Fsp3) is 0.275. The minimum atomic E-state index is -0.716. The highest BCUT2D eigenvalue weighted by atomic mass is 35.5. The molecule has 0 amide bonds. The molecule has 5 aliphatic rings. The summed E-state index contributed by atoms with van der Waals surface area (Å²) in [7, 11) is 0. The number of rotatable bonds is 22. The standard InChI is InChI=1S/C28H25ClN8O3.C28H29ClN4O4.2C23H20ClN3O2/c1-2-22-25(38)23(15-39-22)40-28-31-21-14-20(29)24(32-26(21)33-28)18-8-4-16(5-9-18)17-6-10-19(11-7-17)27-34-35-36-37(27)13-3-12-30;1-2-23-26(34)24(16-36-23)37-28-30-22-15-21(29)25(31-27(22)32-28)19-5-3-17(4-6-19)18-7-9-20(10-8-18)33-11-13-35-14-12-33;2*24-17-13-18-22(27-23(25-18)29-20-8-4-7-19(20)28)26-21(17)16-11-9-15(10-12-16)14-5-2-1-3-6-14/h4-11,14,22-23,25,38H,2-3,13,15H2,1H3,(H,31,32,33);3-10,15,23-24,26,34H,2,11-14,16H2,1H3,(H,30,31,32);2*1-3,5-6,9-13,19-20,28H,4,7-8H2,(H,25,26,27)/t22-,23?,25-;23-,24?,26-;2*19-,20-/m1110/s1. The molecule has 686 valence electrons. The van der Waals surface area contributed by atoms with Gasteiger partial charge in [0, 0.05) is 46.6 Å². The fourth-order valence-electron chi connectivity index (χ4n) is 17.3. The van der Waals surface area contributed by atoms with E-state index in [0.29, 0.717) is 138 Å². The van der Waals surface area contributed by atoms with Gasteiger partial charge in [0.25, 0.3) is 24.0 Å². The molecule has 3 saturated heterocycles. The summed E-state index contributed by atoms with van der Waals surface area (Å²) in [5, 5.41) is 63.4. The van der Waals surface area contributed by atoms with Gasteiger partial charge in [0.1, 0.15) is 24.4 Å². The van der Waals surface area contributed by atoms with Crippen molar-refractivity contribution >= 4 is 96.7 Å². The summed E-state index contributed by atoms with van der Waals surface area (Å²) in [6.45, 7) is 8.38. The van der Waals surface area contributed by atoms with Crippen LogP contribution in [0.2, 0.25) is 20.1 Å². The molecule has 22 rings (SSSR count). The van der Waals surface area contributed by atoms with Crippen molar-refractivity contribution in [3.8, 4) is 131 Å². The number of aliphatic hydroxyl groups is 4. The number of tetrazole rings is 1. The first-order valence-electron chi connectivity index (χ1n) is 45.0. The number of hydrogen-bond donors (Lipinski definition) is 8. The average Bonchev–Trinajstić information content (AvgIpc) is 1.70. The van der Waals surface area contributed by atoms with Crippen molar-refractivity contribution < 1.29 is 53.6 Å². The van der Waals surface area contributed by atoms with Gasteiger partial charge in [0.05, 0.1) is 135 Å². The maximum absolute atomic E-state index is 10.4. The Hall–Kier alpha value is -13.3. The van der Waals surface area contributed by atoms with Crippen molar-refractivity contribution in [1.29, 1.82) is 5.26 Å². The fourth-order valence-corrected chi connectivity index (χ4v) is 18.3. The van der Waals surface area contributed by atoms with Gasteiger partial charge in [-0.1, -0.05) is 254 Å². The molecule has 9 aromatic heterocycles. The molecule has 2 aliphatic carbocycles. The number of nitrogens with one attached hydrogen (secondary N) is 4. The number of anilines is 1. The number of aromatic amines is 4. The molecule has 17 aromatic rings. The summed E-state index contributed by atoms with van der Waals surface area (Å²) in [5.74, 6) is 0.623. The van der Waals surface area contributed by atoms with E-state index in [0.717, 1.165) is 144 Å². The monoisotopic (exact) mass is 1890 g/mol. The zero-order valence-corrected chi connectivity index (χ0v) is 76.5. The highest BCUT2D eigenvalue weighted by Crippen LogP contribution is 2.40. The van der Waals surface area contributed by atoms with Crippen LogP contribution in [0.3, 0.4) is 0 Å². The number of nitriles is 1. The van der Waals surface area contributed by atoms with E-state index >= 15 is 0 Å². The number of aromatic nitrogens is 16. The average molecular weight is 1890 g/mol. The minimum Gasteiger partial charge on any atom is -0.459 e. The Balaban J connectivity index is 0.000000117. The van der Waals surface area contributed by atoms with Crippen LogP contribution in [-0.4, -0.2) is 201 Å². The molecule has 10 atom stereocenters. The number of pyridine rings is 4. The van der Waals surface area contributed by atoms with Crippen molar-refractivity contribution in [2.75, 3.05) is 44.4 Å². The third-order valence-corrected chi connectivity index (χ3v) is 25.8. The number of H-pyrrole nitrogens is 4. The molecule has 3 aliphatic heterocycles. The number of nitrogens with zero attached hydrogens (tertiary/aromatic N) is 14. The predicted octanol–water partition coefficient (Wildman–Crippen LogP) is 19.6. The van der Waals surface area contributed by atoms with Gasteiger partial charge < -0.3 is 78.4 Å². The van der Waals surface area contributed by atoms with Gasteiger partial charge in [0.2, 0.25) is 0 Å². The van der Waals surface area contributed by atoms with Crippen LogP contribution in [0.4, 0.5) is 5.69 Å². The molecule has 29 nitrogen and oxygen atoms in total. The van der Waals surface area contributed by atoms with Gasteiger partial charge in [-0.15, -0.1) is 5.10 Å². The number of ether oxygens (including phenoxy) is 7. The molecule has 0 bridgehead atoms. The number of halogens is 4. The molecular weight excluding hydrogens is 1800 g/mol. The van der Waals surface area contributed by atoms with Gasteiger partial charge in [-0.3, -0.25) is 0 Å². The molecule has 2 saturated carbocycles. The molecule has 5 fully saturated rings. The lowest BCUT2D eigenvalue weighted by atomic mass is 10.0. The summed E-state index contributed by atoms with van der Waals surface area (Å²) >= 11 is 26.2.